The molecule has 0 radical (unpaired) electrons. The quantitative estimate of drug-likeness (QED) is 0.463. The molecule has 7 nitrogen and oxygen atoms in total. The molecule has 0 amide bonds. The highest BCUT2D eigenvalue weighted by molar-refractivity contribution is 5.98. The molecule has 0 aliphatic carbocycles. The third-order valence-corrected chi connectivity index (χ3v) is 4.03. The first-order valence-corrected chi connectivity index (χ1v) is 8.44. The number of ketones is 1. The largest absolute Gasteiger partial charge is 0.457 e. The second-order valence-electron chi connectivity index (χ2n) is 6.05. The summed E-state index contributed by atoms with van der Waals surface area (Å²) in [7, 11) is 0. The maximum Gasteiger partial charge on any atom is 0.416 e. The van der Waals surface area contributed by atoms with Gasteiger partial charge in [-0.2, -0.15) is 13.2 Å². The van der Waals surface area contributed by atoms with Crippen LogP contribution in [-0.4, -0.2) is 33.4 Å². The predicted octanol–water partition coefficient (Wildman–Crippen LogP) is 2.63. The number of benzene rings is 2. The van der Waals surface area contributed by atoms with E-state index in [-0.39, 0.29) is 18.5 Å². The van der Waals surface area contributed by atoms with Crippen molar-refractivity contribution >= 4 is 22.7 Å². The molecule has 3 rings (SSSR count). The van der Waals surface area contributed by atoms with Crippen molar-refractivity contribution in [2.75, 3.05) is 6.61 Å². The summed E-state index contributed by atoms with van der Waals surface area (Å²) in [6, 6.07) is 10.4. The highest BCUT2D eigenvalue weighted by Crippen LogP contribution is 2.29. The lowest BCUT2D eigenvalue weighted by Crippen LogP contribution is -2.26. The average Bonchev–Trinajstić information content (AvgIpc) is 2.71. The molecular weight excluding hydrogens is 391 g/mol. The zero-order valence-electron chi connectivity index (χ0n) is 14.8. The normalized spacial score (nSPS) is 11.4. The highest BCUT2D eigenvalue weighted by atomic mass is 19.4. The predicted molar refractivity (Wildman–Crippen MR) is 95.1 cm³/mol. The first-order chi connectivity index (χ1) is 13.8. The third kappa shape index (κ3) is 4.84. The molecule has 0 N–H and O–H groups in total. The topological polar surface area (TPSA) is 91.2 Å². The molecule has 0 bridgehead atoms. The van der Waals surface area contributed by atoms with Crippen LogP contribution in [0.25, 0.3) is 10.9 Å². The number of fused-ring (bicyclic) bond motifs is 1. The fourth-order valence-electron chi connectivity index (χ4n) is 2.54. The summed E-state index contributed by atoms with van der Waals surface area (Å²) in [5.74, 6) is -1.57. The number of hydrogen-bond donors (Lipinski definition) is 0. The van der Waals surface area contributed by atoms with E-state index in [9.17, 15) is 27.6 Å². The van der Waals surface area contributed by atoms with Gasteiger partial charge in [0.1, 0.15) is 5.52 Å². The van der Waals surface area contributed by atoms with Crippen LogP contribution in [0.15, 0.2) is 53.3 Å². The molecule has 0 atom stereocenters. The first-order valence-electron chi connectivity index (χ1n) is 8.44. The molecule has 1 heterocycles. The second kappa shape index (κ2) is 8.21. The minimum absolute atomic E-state index is 0.118. The summed E-state index contributed by atoms with van der Waals surface area (Å²) in [5, 5.41) is 7.95. The zero-order valence-corrected chi connectivity index (χ0v) is 14.8. The summed E-state index contributed by atoms with van der Waals surface area (Å²) in [6.45, 7) is -0.828. The van der Waals surface area contributed by atoms with Crippen LogP contribution in [0.5, 0.6) is 0 Å². The summed E-state index contributed by atoms with van der Waals surface area (Å²) in [4.78, 5) is 36.1. The molecule has 0 unspecified atom stereocenters. The molecule has 0 aliphatic heterocycles. The smallest absolute Gasteiger partial charge is 0.416 e. The number of aryl methyl sites for hydroxylation is 1. The van der Waals surface area contributed by atoms with Crippen molar-refractivity contribution in [2.45, 2.75) is 19.1 Å². The Labute approximate surface area is 161 Å². The third-order valence-electron chi connectivity index (χ3n) is 4.03. The fourth-order valence-corrected chi connectivity index (χ4v) is 2.54. The molecule has 2 aromatic carbocycles. The van der Waals surface area contributed by atoms with Gasteiger partial charge in [-0.05, 0) is 24.3 Å². The lowest BCUT2D eigenvalue weighted by atomic mass is 10.1. The Hall–Kier alpha value is -3.56. The monoisotopic (exact) mass is 405 g/mol. The van der Waals surface area contributed by atoms with Crippen LogP contribution in [0.3, 0.4) is 0 Å². The van der Waals surface area contributed by atoms with Gasteiger partial charge < -0.3 is 4.74 Å². The minimum Gasteiger partial charge on any atom is -0.457 e. The van der Waals surface area contributed by atoms with E-state index in [1.807, 2.05) is 0 Å². The van der Waals surface area contributed by atoms with Gasteiger partial charge in [-0.1, -0.05) is 29.5 Å². The number of aromatic nitrogens is 3. The molecule has 0 saturated carbocycles. The standard InChI is InChI=1S/C19H14F3N3O4/c20-19(21,22)13-5-3-4-12(10-13)16(26)11-29-17(27)8-9-25-18(28)14-6-1-2-7-15(14)23-24-25/h1-7,10H,8-9,11H2. The van der Waals surface area contributed by atoms with Crippen molar-refractivity contribution in [3.63, 3.8) is 0 Å². The number of hydrogen-bond acceptors (Lipinski definition) is 6. The van der Waals surface area contributed by atoms with Crippen molar-refractivity contribution in [2.24, 2.45) is 0 Å². The van der Waals surface area contributed by atoms with Crippen molar-refractivity contribution in [1.82, 2.24) is 15.0 Å². The van der Waals surface area contributed by atoms with Crippen LogP contribution in [0.1, 0.15) is 22.3 Å². The van der Waals surface area contributed by atoms with E-state index in [4.69, 9.17) is 4.74 Å². The van der Waals surface area contributed by atoms with Crippen LogP contribution >= 0.6 is 0 Å². The number of rotatable bonds is 6. The Kier molecular flexibility index (Phi) is 5.71. The number of nitrogens with zero attached hydrogens (tertiary/aromatic N) is 3. The van der Waals surface area contributed by atoms with Gasteiger partial charge in [0.25, 0.3) is 5.56 Å². The Morgan fingerprint density at radius 3 is 2.59 bits per heavy atom. The molecule has 0 spiro atoms. The maximum atomic E-state index is 12.7. The van der Waals surface area contributed by atoms with Gasteiger partial charge in [0, 0.05) is 5.56 Å². The lowest BCUT2D eigenvalue weighted by molar-refractivity contribution is -0.143. The molecule has 1 aromatic heterocycles. The van der Waals surface area contributed by atoms with Crippen molar-refractivity contribution in [1.29, 1.82) is 0 Å². The average molecular weight is 405 g/mol. The number of carbonyl (C=O) groups excluding carboxylic acids is 2. The fraction of sp³-hybridized carbons (Fsp3) is 0.211. The van der Waals surface area contributed by atoms with Gasteiger partial charge >= 0.3 is 12.1 Å². The van der Waals surface area contributed by atoms with E-state index < -0.39 is 35.7 Å². The van der Waals surface area contributed by atoms with Gasteiger partial charge in [-0.3, -0.25) is 14.4 Å². The van der Waals surface area contributed by atoms with Crippen molar-refractivity contribution < 1.29 is 27.5 Å². The molecule has 0 aliphatic rings. The molecule has 0 saturated heterocycles. The Morgan fingerprint density at radius 1 is 1.07 bits per heavy atom. The number of halogens is 3. The van der Waals surface area contributed by atoms with E-state index in [1.165, 1.54) is 6.07 Å². The van der Waals surface area contributed by atoms with E-state index in [0.29, 0.717) is 17.0 Å². The number of Topliss-reactive ketones (excluding diaryl/α,β-unsaturated/α-hetero) is 1. The van der Waals surface area contributed by atoms with Crippen LogP contribution < -0.4 is 5.56 Å². The van der Waals surface area contributed by atoms with Crippen LogP contribution in [0, 0.1) is 0 Å². The van der Waals surface area contributed by atoms with Crippen molar-refractivity contribution in [3.8, 4) is 0 Å². The van der Waals surface area contributed by atoms with Crippen LogP contribution in [-0.2, 0) is 22.3 Å². The summed E-state index contributed by atoms with van der Waals surface area (Å²) in [6.07, 6.45) is -4.84. The summed E-state index contributed by atoms with van der Waals surface area (Å²) in [5.41, 5.74) is -1.19. The summed E-state index contributed by atoms with van der Waals surface area (Å²) >= 11 is 0. The SMILES string of the molecule is O=C(CCn1nnc2ccccc2c1=O)OCC(=O)c1cccc(C(F)(F)F)c1. The van der Waals surface area contributed by atoms with Gasteiger partial charge in [-0.25, -0.2) is 4.68 Å². The van der Waals surface area contributed by atoms with Crippen LogP contribution in [0.4, 0.5) is 13.2 Å². The number of esters is 1. The summed E-state index contributed by atoms with van der Waals surface area (Å²) < 4.78 is 43.9. The maximum absolute atomic E-state index is 12.7. The Morgan fingerprint density at radius 2 is 1.83 bits per heavy atom. The van der Waals surface area contributed by atoms with Gasteiger partial charge in [0.15, 0.2) is 12.4 Å². The molecule has 10 heteroatoms. The molecule has 0 fully saturated rings. The van der Waals surface area contributed by atoms with E-state index >= 15 is 0 Å². The minimum atomic E-state index is -4.58. The van der Waals surface area contributed by atoms with E-state index in [2.05, 4.69) is 10.3 Å². The highest BCUT2D eigenvalue weighted by Gasteiger charge is 2.30. The van der Waals surface area contributed by atoms with Crippen molar-refractivity contribution in [3.05, 3.63) is 70.0 Å². The number of ether oxygens (including phenoxy) is 1. The Balaban J connectivity index is 1.57. The first kappa shape index (κ1) is 20.2. The Bertz CT molecular complexity index is 1130. The second-order valence-corrected chi connectivity index (χ2v) is 6.05. The van der Waals surface area contributed by atoms with E-state index in [0.717, 1.165) is 16.8 Å². The molecular formula is C19H14F3N3O4. The molecule has 29 heavy (non-hydrogen) atoms. The van der Waals surface area contributed by atoms with Gasteiger partial charge in [-0.15, -0.1) is 5.10 Å². The van der Waals surface area contributed by atoms with Crippen LogP contribution in [0.2, 0.25) is 0 Å². The van der Waals surface area contributed by atoms with Gasteiger partial charge in [0.05, 0.1) is 23.9 Å². The van der Waals surface area contributed by atoms with Gasteiger partial charge in [0.2, 0.25) is 0 Å². The lowest BCUT2D eigenvalue weighted by Gasteiger charge is -2.09. The molecule has 3 aromatic rings. The number of carbonyl (C=O) groups is 2. The zero-order chi connectivity index (χ0) is 21.0. The van der Waals surface area contributed by atoms with E-state index in [1.54, 1.807) is 24.3 Å². The number of alkyl halides is 3. The molecule has 150 valence electrons.